The van der Waals surface area contributed by atoms with E-state index in [0.29, 0.717) is 17.0 Å². The summed E-state index contributed by atoms with van der Waals surface area (Å²) in [5, 5.41) is 61.8. The number of nitrogens with two attached hydrogens (primary N) is 4. The minimum atomic E-state index is -1.48. The van der Waals surface area contributed by atoms with Crippen molar-refractivity contribution in [3.8, 4) is 5.75 Å². The van der Waals surface area contributed by atoms with Crippen molar-refractivity contribution in [2.75, 3.05) is 26.7 Å². The van der Waals surface area contributed by atoms with Crippen molar-refractivity contribution in [2.24, 2.45) is 28.9 Å². The van der Waals surface area contributed by atoms with Gasteiger partial charge in [-0.25, -0.2) is 9.97 Å². The van der Waals surface area contributed by atoms with Crippen molar-refractivity contribution in [3.05, 3.63) is 66.3 Å². The molecule has 31 nitrogen and oxygen atoms in total. The van der Waals surface area contributed by atoms with Gasteiger partial charge in [-0.1, -0.05) is 26.0 Å². The number of likely N-dealkylation sites (N-methyl/N-ethyl adjacent to an activating group) is 1. The van der Waals surface area contributed by atoms with Crippen molar-refractivity contribution in [1.29, 1.82) is 16.2 Å². The lowest BCUT2D eigenvalue weighted by atomic mass is 10.0. The third-order valence-electron chi connectivity index (χ3n) is 12.1. The maximum absolute atomic E-state index is 14.5. The van der Waals surface area contributed by atoms with Crippen LogP contribution < -0.4 is 81.4 Å². The Hall–Kier alpha value is -9.03. The molecule has 2 aromatic heterocycles. The zero-order valence-corrected chi connectivity index (χ0v) is 44.7. The number of hydrogen-bond donors (Lipinski definition) is 21. The Bertz CT molecular complexity index is 2490. The van der Waals surface area contributed by atoms with Crippen molar-refractivity contribution >= 4 is 65.1 Å². The molecule has 0 bridgehead atoms. The number of benzene rings is 1. The number of carbonyl (C=O) groups is 8. The van der Waals surface area contributed by atoms with Crippen molar-refractivity contribution < 1.29 is 43.5 Å². The summed E-state index contributed by atoms with van der Waals surface area (Å²) in [6.07, 6.45) is 5.70. The Balaban J connectivity index is 1.95. The number of phenols is 1. The number of aromatic hydroxyl groups is 1. The van der Waals surface area contributed by atoms with Crippen LogP contribution in [0.25, 0.3) is 0 Å². The Kier molecular flexibility index (Phi) is 27.0. The van der Waals surface area contributed by atoms with Gasteiger partial charge in [-0.3, -0.25) is 54.6 Å². The van der Waals surface area contributed by atoms with Gasteiger partial charge in [0.15, 0.2) is 17.9 Å². The summed E-state index contributed by atoms with van der Waals surface area (Å²) < 4.78 is 0. The van der Waals surface area contributed by atoms with E-state index in [1.54, 1.807) is 13.2 Å². The first kappa shape index (κ1) is 64.3. The van der Waals surface area contributed by atoms with Crippen LogP contribution in [0.15, 0.2) is 49.3 Å². The number of phenolic OH excluding ortho intramolecular Hbond substituents is 1. The Morgan fingerprint density at radius 2 is 0.886 bits per heavy atom. The minimum absolute atomic E-state index is 0.0400. The van der Waals surface area contributed by atoms with Crippen molar-refractivity contribution in [2.45, 2.75) is 127 Å². The summed E-state index contributed by atoms with van der Waals surface area (Å²) in [6.45, 7) is 5.40. The number of primary amides is 1. The topological polar surface area (TPSA) is 522 Å². The molecule has 0 aliphatic heterocycles. The number of nitrogens with zero attached hydrogens (tertiary/aromatic N) is 2. The van der Waals surface area contributed by atoms with Gasteiger partial charge >= 0.3 is 0 Å². The van der Waals surface area contributed by atoms with E-state index >= 15 is 0 Å². The monoisotopic (exact) mass is 1110 g/mol. The van der Waals surface area contributed by atoms with Gasteiger partial charge in [0.05, 0.1) is 30.1 Å². The number of imidazole rings is 2. The predicted molar refractivity (Wildman–Crippen MR) is 290 cm³/mol. The van der Waals surface area contributed by atoms with Gasteiger partial charge in [-0.15, -0.1) is 0 Å². The molecule has 25 N–H and O–H groups in total. The average Bonchev–Trinajstić information content (AvgIpc) is 4.12. The first-order valence-corrected chi connectivity index (χ1v) is 25.5. The first-order valence-electron chi connectivity index (χ1n) is 25.5. The summed E-state index contributed by atoms with van der Waals surface area (Å²) in [5.41, 5.74) is 23.1. The summed E-state index contributed by atoms with van der Waals surface area (Å²) in [6, 6.07) is -4.31. The van der Waals surface area contributed by atoms with Gasteiger partial charge in [0.2, 0.25) is 47.3 Å². The molecule has 3 rings (SSSR count). The van der Waals surface area contributed by atoms with Crippen LogP contribution in [0, 0.1) is 22.1 Å². The Labute approximate surface area is 456 Å². The van der Waals surface area contributed by atoms with Gasteiger partial charge < -0.3 is 96.5 Å². The zero-order chi connectivity index (χ0) is 58.6. The lowest BCUT2D eigenvalue weighted by Gasteiger charge is -2.28. The van der Waals surface area contributed by atoms with E-state index in [4.69, 9.17) is 39.2 Å². The minimum Gasteiger partial charge on any atom is -0.508 e. The Morgan fingerprint density at radius 3 is 1.28 bits per heavy atom. The fourth-order valence-electron chi connectivity index (χ4n) is 7.92. The number of H-pyrrole nitrogens is 2. The molecule has 8 amide bonds. The molecule has 1 aromatic carbocycles. The number of rotatable bonds is 35. The first-order chi connectivity index (χ1) is 37.5. The van der Waals surface area contributed by atoms with E-state index in [1.165, 1.54) is 50.0 Å². The highest BCUT2D eigenvalue weighted by molar-refractivity contribution is 5.98. The van der Waals surface area contributed by atoms with Crippen LogP contribution in [-0.2, 0) is 57.6 Å². The molecule has 0 aliphatic carbocycles. The number of hydrogen-bond acceptors (Lipinski definition) is 15. The molecule has 79 heavy (non-hydrogen) atoms. The van der Waals surface area contributed by atoms with E-state index < -0.39 is 95.6 Å². The number of carbonyl (C=O) groups excluding carboxylic acids is 8. The molecule has 3 aromatic rings. The van der Waals surface area contributed by atoms with E-state index in [0.717, 1.165) is 0 Å². The second-order valence-electron chi connectivity index (χ2n) is 18.9. The third kappa shape index (κ3) is 23.8. The van der Waals surface area contributed by atoms with Gasteiger partial charge in [-0.2, -0.15) is 0 Å². The fourth-order valence-corrected chi connectivity index (χ4v) is 7.92. The molecule has 434 valence electrons. The number of aromatic nitrogens is 4. The second kappa shape index (κ2) is 33.2. The second-order valence-corrected chi connectivity index (χ2v) is 18.9. The standard InChI is InChI=1S/C48H78N22O9/c1-25(2)37(56-4)45(79)70-35(19-28-21-57-23-62-28)42(76)64-26(3)39(73)68-34(18-27-11-13-30(71)14-12-27)43(77)66-33(10-7-17-61-48(54)55)41(75)69-36(20-29-22-58-24-63-29)44(78)67-32(9-6-16-60-47(52)53)40(74)65-31(38(49)72)8-5-15-59-46(50)51/h11-14,21-26,31-37,56,71H,5-10,15-20H2,1-4H3,(H2,49,72)(H,57,62)(H,58,63)(H,64,76)(H,65,74)(H,66,77)(H,67,78)(H,68,73)(H,69,75)(H,70,79)(H4,50,51,59)(H4,52,53,60)(H4,54,55,61)/t26-,31-,32-,33-,34-,35-,36-,37-/m0/s1. The highest BCUT2D eigenvalue weighted by Gasteiger charge is 2.35. The zero-order valence-electron chi connectivity index (χ0n) is 44.7. The molecule has 31 heteroatoms. The van der Waals surface area contributed by atoms with Crippen LogP contribution in [0.4, 0.5) is 0 Å². The summed E-state index contributed by atoms with van der Waals surface area (Å²) in [4.78, 5) is 125. The van der Waals surface area contributed by atoms with Crippen LogP contribution in [0.3, 0.4) is 0 Å². The molecular weight excluding hydrogens is 1030 g/mol. The SMILES string of the molecule is CN[C@H](C(=O)N[C@@H](Cc1c[nH]cn1)C(=O)N[C@@H](C)C(=O)N[C@@H](Cc1ccc(O)cc1)C(=O)N[C@@H](CCCNC(=N)N)C(=O)N[C@@H](Cc1c[nH]cn1)C(=O)N[C@@H](CCCNC(=N)N)C(=O)N[C@@H](CCCNC(=N)N)C(N)=O)C(C)C. The van der Waals surface area contributed by atoms with Crippen LogP contribution >= 0.6 is 0 Å². The predicted octanol–water partition coefficient (Wildman–Crippen LogP) is -5.20. The molecule has 0 fully saturated rings. The van der Waals surface area contributed by atoms with Gasteiger partial charge in [0.1, 0.15) is 48.0 Å². The Morgan fingerprint density at radius 1 is 0.519 bits per heavy atom. The molecule has 0 unspecified atom stereocenters. The van der Waals surface area contributed by atoms with E-state index in [1.807, 2.05) is 13.8 Å². The van der Waals surface area contributed by atoms with Gasteiger partial charge in [0, 0.05) is 51.3 Å². The smallest absolute Gasteiger partial charge is 0.243 e. The van der Waals surface area contributed by atoms with E-state index in [9.17, 15) is 43.5 Å². The van der Waals surface area contributed by atoms with E-state index in [2.05, 4.69) is 78.4 Å². The highest BCUT2D eigenvalue weighted by Crippen LogP contribution is 2.13. The maximum atomic E-state index is 14.5. The van der Waals surface area contributed by atoms with Crippen LogP contribution in [0.1, 0.15) is 76.2 Å². The largest absolute Gasteiger partial charge is 0.508 e. The molecule has 0 spiro atoms. The summed E-state index contributed by atoms with van der Waals surface area (Å²) >= 11 is 0. The average molecular weight is 1110 g/mol. The van der Waals surface area contributed by atoms with Gasteiger partial charge in [-0.05, 0) is 76.1 Å². The molecule has 0 saturated heterocycles. The third-order valence-corrected chi connectivity index (χ3v) is 12.1. The molecule has 8 atom stereocenters. The number of amides is 8. The fraction of sp³-hybridized carbons (Fsp3) is 0.521. The maximum Gasteiger partial charge on any atom is 0.243 e. The van der Waals surface area contributed by atoms with Crippen molar-refractivity contribution in [3.63, 3.8) is 0 Å². The number of guanidine groups is 3. The quantitative estimate of drug-likeness (QED) is 0.0149. The molecule has 0 aliphatic rings. The van der Waals surface area contributed by atoms with Gasteiger partial charge in [0.25, 0.3) is 0 Å². The van der Waals surface area contributed by atoms with Crippen molar-refractivity contribution in [1.82, 2.24) is 78.4 Å². The lowest BCUT2D eigenvalue weighted by Crippen LogP contribution is -2.60. The van der Waals surface area contributed by atoms with Crippen LogP contribution in [-0.4, -0.2) is 165 Å². The molecule has 0 saturated carbocycles. The number of nitrogens with one attached hydrogen (secondary N) is 16. The number of aromatic amines is 2. The van der Waals surface area contributed by atoms with E-state index in [-0.39, 0.29) is 107 Å². The lowest BCUT2D eigenvalue weighted by molar-refractivity contribution is -0.135. The molecule has 0 radical (unpaired) electrons. The normalized spacial score (nSPS) is 14.0. The summed E-state index contributed by atoms with van der Waals surface area (Å²) in [7, 11) is 1.61. The summed E-state index contributed by atoms with van der Waals surface area (Å²) in [5.74, 6) is -7.63. The van der Waals surface area contributed by atoms with Crippen LogP contribution in [0.5, 0.6) is 5.75 Å². The molecule has 2 heterocycles. The van der Waals surface area contributed by atoms with Crippen LogP contribution in [0.2, 0.25) is 0 Å². The highest BCUT2D eigenvalue weighted by atomic mass is 16.3. The molecular formula is C48H78N22O9.